The molecule has 2 aliphatic heterocycles. The lowest BCUT2D eigenvalue weighted by Crippen LogP contribution is -2.49. The Morgan fingerprint density at radius 3 is 2.64 bits per heavy atom. The van der Waals surface area contributed by atoms with E-state index in [4.69, 9.17) is 0 Å². The zero-order valence-corrected chi connectivity index (χ0v) is 9.59. The molecule has 82 valence electrons. The maximum atomic E-state index is 10.1. The van der Waals surface area contributed by atoms with Crippen LogP contribution in [-0.4, -0.2) is 23.3 Å². The average molecular weight is 197 g/mol. The van der Waals surface area contributed by atoms with E-state index < -0.39 is 0 Å². The smallest absolute Gasteiger partial charge is 0.0598 e. The molecule has 2 rings (SSSR count). The maximum Gasteiger partial charge on any atom is 0.0598 e. The summed E-state index contributed by atoms with van der Waals surface area (Å²) in [5.74, 6) is 0.480. The van der Waals surface area contributed by atoms with Gasteiger partial charge in [-0.25, -0.2) is 0 Å². The molecular formula is C12H23NO. The topological polar surface area (TPSA) is 32.3 Å². The van der Waals surface area contributed by atoms with E-state index in [0.29, 0.717) is 23.4 Å². The maximum absolute atomic E-state index is 10.1. The standard InChI is InChI=1S/C12H23NO/c1-12(2,3)7-9-10-5-4-8(13-10)6-11(9)14/h8-11,13-14H,4-7H2,1-3H3. The molecule has 2 saturated heterocycles. The lowest BCUT2D eigenvalue weighted by molar-refractivity contribution is 0.0305. The fourth-order valence-corrected chi connectivity index (χ4v) is 3.09. The molecular weight excluding hydrogens is 174 g/mol. The van der Waals surface area contributed by atoms with E-state index in [9.17, 15) is 5.11 Å². The molecule has 0 radical (unpaired) electrons. The van der Waals surface area contributed by atoms with Gasteiger partial charge in [0.2, 0.25) is 0 Å². The summed E-state index contributed by atoms with van der Waals surface area (Å²) in [4.78, 5) is 0. The lowest BCUT2D eigenvalue weighted by atomic mass is 9.77. The van der Waals surface area contributed by atoms with Crippen molar-refractivity contribution in [1.82, 2.24) is 5.32 Å². The first-order valence-electron chi connectivity index (χ1n) is 5.90. The number of nitrogens with one attached hydrogen (secondary N) is 1. The first-order chi connectivity index (χ1) is 6.46. The van der Waals surface area contributed by atoms with Crippen molar-refractivity contribution in [1.29, 1.82) is 0 Å². The molecule has 2 N–H and O–H groups in total. The highest BCUT2D eigenvalue weighted by atomic mass is 16.3. The molecule has 2 heterocycles. The molecule has 0 aromatic rings. The van der Waals surface area contributed by atoms with Crippen LogP contribution in [-0.2, 0) is 0 Å². The minimum Gasteiger partial charge on any atom is -0.393 e. The van der Waals surface area contributed by atoms with Gasteiger partial charge in [-0.2, -0.15) is 0 Å². The van der Waals surface area contributed by atoms with Gasteiger partial charge in [-0.3, -0.25) is 0 Å². The molecule has 2 heteroatoms. The quantitative estimate of drug-likeness (QED) is 0.673. The van der Waals surface area contributed by atoms with Gasteiger partial charge in [-0.1, -0.05) is 20.8 Å². The summed E-state index contributed by atoms with van der Waals surface area (Å²) >= 11 is 0. The van der Waals surface area contributed by atoms with Gasteiger partial charge >= 0.3 is 0 Å². The van der Waals surface area contributed by atoms with Crippen molar-refractivity contribution < 1.29 is 5.11 Å². The molecule has 2 fully saturated rings. The highest BCUT2D eigenvalue weighted by Gasteiger charge is 2.41. The number of rotatable bonds is 1. The van der Waals surface area contributed by atoms with Crippen LogP contribution in [0.15, 0.2) is 0 Å². The average Bonchev–Trinajstić information content (AvgIpc) is 2.41. The van der Waals surface area contributed by atoms with Crippen molar-refractivity contribution in [3.05, 3.63) is 0 Å². The van der Waals surface area contributed by atoms with Crippen molar-refractivity contribution in [3.8, 4) is 0 Å². The van der Waals surface area contributed by atoms with Crippen molar-refractivity contribution >= 4 is 0 Å². The Balaban J connectivity index is 2.02. The molecule has 2 aliphatic rings. The van der Waals surface area contributed by atoms with Gasteiger partial charge in [0.1, 0.15) is 0 Å². The number of aliphatic hydroxyl groups excluding tert-OH is 1. The van der Waals surface area contributed by atoms with E-state index >= 15 is 0 Å². The fraction of sp³-hybridized carbons (Fsp3) is 1.00. The molecule has 0 amide bonds. The second kappa shape index (κ2) is 3.49. The molecule has 4 atom stereocenters. The molecule has 0 spiro atoms. The first kappa shape index (κ1) is 10.4. The van der Waals surface area contributed by atoms with Crippen molar-refractivity contribution in [2.45, 2.75) is 64.6 Å². The van der Waals surface area contributed by atoms with Gasteiger partial charge in [0.15, 0.2) is 0 Å². The molecule has 0 aromatic heterocycles. The van der Waals surface area contributed by atoms with Crippen LogP contribution < -0.4 is 5.32 Å². The van der Waals surface area contributed by atoms with E-state index in [1.54, 1.807) is 0 Å². The molecule has 2 nitrogen and oxygen atoms in total. The third-order valence-electron chi connectivity index (χ3n) is 3.66. The summed E-state index contributed by atoms with van der Waals surface area (Å²) in [7, 11) is 0. The largest absolute Gasteiger partial charge is 0.393 e. The summed E-state index contributed by atoms with van der Waals surface area (Å²) in [5, 5.41) is 13.7. The lowest BCUT2D eigenvalue weighted by Gasteiger charge is -2.38. The predicted octanol–water partition coefficient (Wildman–Crippen LogP) is 1.92. The monoisotopic (exact) mass is 197 g/mol. The zero-order valence-electron chi connectivity index (χ0n) is 9.59. The van der Waals surface area contributed by atoms with E-state index in [2.05, 4.69) is 26.1 Å². The number of fused-ring (bicyclic) bond motifs is 2. The predicted molar refractivity (Wildman–Crippen MR) is 58.1 cm³/mol. The number of aliphatic hydroxyl groups is 1. The van der Waals surface area contributed by atoms with Crippen LogP contribution in [0.25, 0.3) is 0 Å². The van der Waals surface area contributed by atoms with Crippen molar-refractivity contribution in [3.63, 3.8) is 0 Å². The fourth-order valence-electron chi connectivity index (χ4n) is 3.09. The second-order valence-electron chi connectivity index (χ2n) is 6.28. The normalized spacial score (nSPS) is 42.9. The summed E-state index contributed by atoms with van der Waals surface area (Å²) in [6, 6.07) is 1.19. The summed E-state index contributed by atoms with van der Waals surface area (Å²) in [6.45, 7) is 6.79. The van der Waals surface area contributed by atoms with Crippen LogP contribution in [0.4, 0.5) is 0 Å². The molecule has 4 unspecified atom stereocenters. The molecule has 0 saturated carbocycles. The van der Waals surface area contributed by atoms with Crippen LogP contribution >= 0.6 is 0 Å². The molecule has 0 aliphatic carbocycles. The van der Waals surface area contributed by atoms with E-state index in [1.807, 2.05) is 0 Å². The number of piperidine rings is 1. The van der Waals surface area contributed by atoms with Gasteiger partial charge in [-0.05, 0) is 31.1 Å². The van der Waals surface area contributed by atoms with E-state index in [-0.39, 0.29) is 6.10 Å². The van der Waals surface area contributed by atoms with Crippen LogP contribution in [0.1, 0.15) is 46.5 Å². The van der Waals surface area contributed by atoms with Gasteiger partial charge in [0.05, 0.1) is 6.10 Å². The summed E-state index contributed by atoms with van der Waals surface area (Å²) < 4.78 is 0. The highest BCUT2D eigenvalue weighted by Crippen LogP contribution is 2.38. The van der Waals surface area contributed by atoms with Gasteiger partial charge in [0.25, 0.3) is 0 Å². The zero-order chi connectivity index (χ0) is 10.3. The van der Waals surface area contributed by atoms with Crippen LogP contribution in [0, 0.1) is 11.3 Å². The Kier molecular flexibility index (Phi) is 2.61. The van der Waals surface area contributed by atoms with Gasteiger partial charge < -0.3 is 10.4 Å². The molecule has 14 heavy (non-hydrogen) atoms. The SMILES string of the molecule is CC(C)(C)CC1C(O)CC2CCC1N2. The second-order valence-corrected chi connectivity index (χ2v) is 6.28. The molecule has 0 aromatic carbocycles. The Morgan fingerprint density at radius 2 is 2.00 bits per heavy atom. The summed E-state index contributed by atoms with van der Waals surface area (Å²) in [6.07, 6.45) is 4.58. The van der Waals surface area contributed by atoms with Crippen LogP contribution in [0.3, 0.4) is 0 Å². The third-order valence-corrected chi connectivity index (χ3v) is 3.66. The van der Waals surface area contributed by atoms with Crippen molar-refractivity contribution in [2.75, 3.05) is 0 Å². The Morgan fingerprint density at radius 1 is 1.29 bits per heavy atom. The molecule has 2 bridgehead atoms. The Bertz CT molecular complexity index is 209. The van der Waals surface area contributed by atoms with Crippen LogP contribution in [0.5, 0.6) is 0 Å². The van der Waals surface area contributed by atoms with Crippen LogP contribution in [0.2, 0.25) is 0 Å². The Hall–Kier alpha value is -0.0800. The summed E-state index contributed by atoms with van der Waals surface area (Å²) in [5.41, 5.74) is 0.336. The van der Waals surface area contributed by atoms with E-state index in [0.717, 1.165) is 12.8 Å². The minimum absolute atomic E-state index is 0.0621. The Labute approximate surface area is 87.1 Å². The van der Waals surface area contributed by atoms with Crippen molar-refractivity contribution in [2.24, 2.45) is 11.3 Å². The number of hydrogen-bond donors (Lipinski definition) is 2. The van der Waals surface area contributed by atoms with Gasteiger partial charge in [0, 0.05) is 18.0 Å². The highest BCUT2D eigenvalue weighted by molar-refractivity contribution is 4.98. The van der Waals surface area contributed by atoms with Gasteiger partial charge in [-0.15, -0.1) is 0 Å². The first-order valence-corrected chi connectivity index (χ1v) is 5.90. The minimum atomic E-state index is -0.0621. The third kappa shape index (κ3) is 2.12. The number of hydrogen-bond acceptors (Lipinski definition) is 2. The van der Waals surface area contributed by atoms with E-state index in [1.165, 1.54) is 12.8 Å².